The molecule has 20 heavy (non-hydrogen) atoms. The van der Waals surface area contributed by atoms with E-state index in [1.165, 1.54) is 10.8 Å². The van der Waals surface area contributed by atoms with Crippen LogP contribution >= 0.6 is 0 Å². The summed E-state index contributed by atoms with van der Waals surface area (Å²) in [5, 5.41) is 9.24. The molecule has 3 aromatic rings. The Balaban J connectivity index is 2.45. The first-order chi connectivity index (χ1) is 9.70. The predicted molar refractivity (Wildman–Crippen MR) is 72.7 cm³/mol. The third-order valence-electron chi connectivity index (χ3n) is 2.90. The summed E-state index contributed by atoms with van der Waals surface area (Å²) in [6.07, 6.45) is 1.51. The predicted octanol–water partition coefficient (Wildman–Crippen LogP) is 0.946. The van der Waals surface area contributed by atoms with E-state index in [0.717, 1.165) is 0 Å². The minimum atomic E-state index is -0.587. The highest BCUT2D eigenvalue weighted by Gasteiger charge is 2.10. The van der Waals surface area contributed by atoms with E-state index in [-0.39, 0.29) is 5.65 Å². The summed E-state index contributed by atoms with van der Waals surface area (Å²) in [4.78, 5) is 30.1. The number of hydrogen-bond acceptors (Lipinski definition) is 4. The smallest absolute Gasteiger partial charge is 0.273 e. The third-order valence-corrected chi connectivity index (χ3v) is 2.90. The van der Waals surface area contributed by atoms with Crippen LogP contribution in [0.4, 0.5) is 0 Å². The lowest BCUT2D eigenvalue weighted by molar-refractivity contribution is 0.925. The first kappa shape index (κ1) is 11.9. The second-order valence-electron chi connectivity index (χ2n) is 4.13. The van der Waals surface area contributed by atoms with E-state index in [0.29, 0.717) is 16.6 Å². The van der Waals surface area contributed by atoms with Crippen molar-refractivity contribution in [1.82, 2.24) is 14.5 Å². The van der Waals surface area contributed by atoms with E-state index >= 15 is 0 Å². The molecule has 0 saturated carbocycles. The lowest BCUT2D eigenvalue weighted by Gasteiger charge is -2.08. The summed E-state index contributed by atoms with van der Waals surface area (Å²) in [5.41, 5.74) is 0.0945. The number of pyridine rings is 1. The summed E-state index contributed by atoms with van der Waals surface area (Å²) < 4.78 is 1.28. The lowest BCUT2D eigenvalue weighted by Crippen LogP contribution is -2.29. The van der Waals surface area contributed by atoms with Gasteiger partial charge in [0.15, 0.2) is 5.65 Å². The van der Waals surface area contributed by atoms with Gasteiger partial charge >= 0.3 is 5.69 Å². The summed E-state index contributed by atoms with van der Waals surface area (Å²) in [6.45, 7) is 0. The van der Waals surface area contributed by atoms with Crippen LogP contribution in [0.5, 0.6) is 0 Å². The van der Waals surface area contributed by atoms with Crippen molar-refractivity contribution in [2.24, 2.45) is 0 Å². The molecule has 6 nitrogen and oxygen atoms in total. The fraction of sp³-hybridized carbons (Fsp3) is 0. The van der Waals surface area contributed by atoms with Crippen LogP contribution in [-0.4, -0.2) is 14.5 Å². The normalized spacial score (nSPS) is 10.3. The molecule has 0 aliphatic rings. The number of nitriles is 1. The molecule has 0 aliphatic carbocycles. The molecule has 0 atom stereocenters. The van der Waals surface area contributed by atoms with Gasteiger partial charge in [-0.2, -0.15) is 5.26 Å². The Bertz CT molecular complexity index is 963. The van der Waals surface area contributed by atoms with Gasteiger partial charge in [-0.1, -0.05) is 6.07 Å². The fourth-order valence-corrected chi connectivity index (χ4v) is 2.02. The van der Waals surface area contributed by atoms with Crippen LogP contribution in [0.15, 0.2) is 52.2 Å². The molecule has 0 amide bonds. The van der Waals surface area contributed by atoms with Crippen molar-refractivity contribution in [3.63, 3.8) is 0 Å². The Kier molecular flexibility index (Phi) is 2.66. The number of nitrogens with one attached hydrogen (secondary N) is 1. The standard InChI is InChI=1S/C14H8N4O2/c15-8-9-3-1-4-10(7-9)18-12-11(5-2-6-16-12)13(19)17-14(18)20/h1-7H,(H,17,19,20). The van der Waals surface area contributed by atoms with Crippen LogP contribution in [0.2, 0.25) is 0 Å². The molecule has 3 rings (SSSR count). The molecule has 1 N–H and O–H groups in total. The van der Waals surface area contributed by atoms with Crippen molar-refractivity contribution in [3.05, 3.63) is 69.0 Å². The Labute approximate surface area is 112 Å². The van der Waals surface area contributed by atoms with Gasteiger partial charge in [0.2, 0.25) is 0 Å². The zero-order valence-electron chi connectivity index (χ0n) is 10.2. The molecule has 0 radical (unpaired) electrons. The van der Waals surface area contributed by atoms with Gasteiger partial charge in [0, 0.05) is 6.20 Å². The van der Waals surface area contributed by atoms with Gasteiger partial charge in [-0.15, -0.1) is 0 Å². The van der Waals surface area contributed by atoms with Crippen molar-refractivity contribution < 1.29 is 0 Å². The molecule has 0 unspecified atom stereocenters. The summed E-state index contributed by atoms with van der Waals surface area (Å²) in [5.74, 6) is 0. The first-order valence-corrected chi connectivity index (χ1v) is 5.81. The molecule has 0 saturated heterocycles. The zero-order chi connectivity index (χ0) is 14.1. The SMILES string of the molecule is N#Cc1cccc(-n2c(=O)[nH]c(=O)c3cccnc32)c1. The number of aromatic nitrogens is 3. The van der Waals surface area contributed by atoms with Crippen molar-refractivity contribution in [1.29, 1.82) is 5.26 Å². The average molecular weight is 264 g/mol. The van der Waals surface area contributed by atoms with E-state index in [9.17, 15) is 9.59 Å². The minimum Gasteiger partial charge on any atom is -0.273 e. The van der Waals surface area contributed by atoms with Gasteiger partial charge in [0.1, 0.15) is 0 Å². The average Bonchev–Trinajstić information content (AvgIpc) is 2.47. The number of hydrogen-bond donors (Lipinski definition) is 1. The highest BCUT2D eigenvalue weighted by molar-refractivity contribution is 5.75. The van der Waals surface area contributed by atoms with Crippen LogP contribution in [0.1, 0.15) is 5.56 Å². The van der Waals surface area contributed by atoms with Gasteiger partial charge in [-0.3, -0.25) is 9.78 Å². The fourth-order valence-electron chi connectivity index (χ4n) is 2.02. The second kappa shape index (κ2) is 4.48. The number of H-pyrrole nitrogens is 1. The molecule has 0 bridgehead atoms. The zero-order valence-corrected chi connectivity index (χ0v) is 10.2. The molecular weight excluding hydrogens is 256 g/mol. The van der Waals surface area contributed by atoms with Crippen LogP contribution in [0, 0.1) is 11.3 Å². The summed E-state index contributed by atoms with van der Waals surface area (Å²) in [6, 6.07) is 11.8. The molecule has 0 fully saturated rings. The monoisotopic (exact) mass is 264 g/mol. The number of aromatic amines is 1. The van der Waals surface area contributed by atoms with Crippen molar-refractivity contribution in [2.45, 2.75) is 0 Å². The molecule has 96 valence electrons. The number of fused-ring (bicyclic) bond motifs is 1. The van der Waals surface area contributed by atoms with E-state index in [1.807, 2.05) is 6.07 Å². The molecule has 6 heteroatoms. The summed E-state index contributed by atoms with van der Waals surface area (Å²) >= 11 is 0. The van der Waals surface area contributed by atoms with E-state index < -0.39 is 11.2 Å². The Morgan fingerprint density at radius 3 is 2.85 bits per heavy atom. The van der Waals surface area contributed by atoms with Crippen molar-refractivity contribution >= 4 is 11.0 Å². The topological polar surface area (TPSA) is 91.5 Å². The number of benzene rings is 1. The number of nitrogens with zero attached hydrogens (tertiary/aromatic N) is 3. The molecular formula is C14H8N4O2. The maximum Gasteiger partial charge on any atom is 0.334 e. The maximum atomic E-state index is 12.0. The molecule has 0 aliphatic heterocycles. The van der Waals surface area contributed by atoms with Gasteiger partial charge < -0.3 is 0 Å². The third kappa shape index (κ3) is 1.78. The molecule has 1 aromatic carbocycles. The minimum absolute atomic E-state index is 0.260. The van der Waals surface area contributed by atoms with Crippen molar-refractivity contribution in [3.8, 4) is 11.8 Å². The number of rotatable bonds is 1. The Hall–Kier alpha value is -3.20. The van der Waals surface area contributed by atoms with Gasteiger partial charge in [-0.05, 0) is 30.3 Å². The highest BCUT2D eigenvalue weighted by atomic mass is 16.2. The second-order valence-corrected chi connectivity index (χ2v) is 4.13. The van der Waals surface area contributed by atoms with E-state index in [1.54, 1.807) is 36.4 Å². The molecule has 2 heterocycles. The van der Waals surface area contributed by atoms with Crippen LogP contribution in [0.25, 0.3) is 16.7 Å². The van der Waals surface area contributed by atoms with Crippen molar-refractivity contribution in [2.75, 3.05) is 0 Å². The van der Waals surface area contributed by atoms with Gasteiger partial charge in [0.25, 0.3) is 5.56 Å². The Morgan fingerprint density at radius 2 is 2.05 bits per heavy atom. The van der Waals surface area contributed by atoms with Crippen LogP contribution in [0.3, 0.4) is 0 Å². The van der Waals surface area contributed by atoms with Crippen LogP contribution < -0.4 is 11.2 Å². The lowest BCUT2D eigenvalue weighted by atomic mass is 10.2. The first-order valence-electron chi connectivity index (χ1n) is 5.81. The Morgan fingerprint density at radius 1 is 1.20 bits per heavy atom. The van der Waals surface area contributed by atoms with Gasteiger partial charge in [-0.25, -0.2) is 14.3 Å². The highest BCUT2D eigenvalue weighted by Crippen LogP contribution is 2.12. The maximum absolute atomic E-state index is 12.0. The van der Waals surface area contributed by atoms with E-state index in [2.05, 4.69) is 9.97 Å². The van der Waals surface area contributed by atoms with Crippen LogP contribution in [-0.2, 0) is 0 Å². The van der Waals surface area contributed by atoms with E-state index in [4.69, 9.17) is 5.26 Å². The molecule has 2 aromatic heterocycles. The summed E-state index contributed by atoms with van der Waals surface area (Å²) in [7, 11) is 0. The largest absolute Gasteiger partial charge is 0.334 e. The quantitative estimate of drug-likeness (QED) is 0.708. The molecule has 0 spiro atoms. The van der Waals surface area contributed by atoms with Gasteiger partial charge in [0.05, 0.1) is 22.7 Å².